The summed E-state index contributed by atoms with van der Waals surface area (Å²) >= 11 is 1.64. The highest BCUT2D eigenvalue weighted by atomic mass is 32.2. The number of esters is 1. The molecule has 0 aromatic carbocycles. The molecule has 2 N–H and O–H groups in total. The van der Waals surface area contributed by atoms with E-state index in [-0.39, 0.29) is 12.6 Å². The van der Waals surface area contributed by atoms with Crippen molar-refractivity contribution in [2.24, 2.45) is 0 Å². The summed E-state index contributed by atoms with van der Waals surface area (Å²) in [4.78, 5) is 11.6. The molecule has 0 heterocycles. The lowest BCUT2D eigenvalue weighted by atomic mass is 10.1. The van der Waals surface area contributed by atoms with Crippen molar-refractivity contribution >= 4 is 17.7 Å². The minimum atomic E-state index is -0.629. The fourth-order valence-corrected chi connectivity index (χ4v) is 2.11. The smallest absolute Gasteiger partial charge is 0.326 e. The summed E-state index contributed by atoms with van der Waals surface area (Å²) < 4.78 is 4.99. The van der Waals surface area contributed by atoms with Crippen molar-refractivity contribution in [3.8, 4) is 0 Å². The van der Waals surface area contributed by atoms with Crippen LogP contribution in [0.4, 0.5) is 0 Å². The second-order valence-corrected chi connectivity index (χ2v) is 4.54. The highest BCUT2D eigenvalue weighted by molar-refractivity contribution is 7.99. The van der Waals surface area contributed by atoms with Gasteiger partial charge in [0.2, 0.25) is 0 Å². The summed E-state index contributed by atoms with van der Waals surface area (Å²) in [5, 5.41) is 11.6. The quantitative estimate of drug-likeness (QED) is 0.478. The molecule has 0 amide bonds. The van der Waals surface area contributed by atoms with Gasteiger partial charge in [0.05, 0.1) is 6.61 Å². The molecule has 1 unspecified atom stereocenters. The molecular weight excluding hydrogens is 214 g/mol. The van der Waals surface area contributed by atoms with Crippen LogP contribution in [0, 0.1) is 0 Å². The molecule has 0 spiro atoms. The Balaban J connectivity index is 4.00. The van der Waals surface area contributed by atoms with Crippen LogP contribution in [0.3, 0.4) is 0 Å². The number of ether oxygens (including phenoxy) is 1. The van der Waals surface area contributed by atoms with Gasteiger partial charge in [-0.05, 0) is 33.1 Å². The van der Waals surface area contributed by atoms with Gasteiger partial charge in [0.25, 0.3) is 0 Å². The Hall–Kier alpha value is -0.260. The maximum absolute atomic E-state index is 11.6. The van der Waals surface area contributed by atoms with E-state index in [1.165, 1.54) is 0 Å². The molecule has 0 saturated carbocycles. The molecular formula is C10H21NO3S. The first-order chi connectivity index (χ1) is 7.10. The zero-order valence-electron chi connectivity index (χ0n) is 9.71. The number of rotatable bonds is 8. The van der Waals surface area contributed by atoms with Gasteiger partial charge in [0.1, 0.15) is 5.54 Å². The molecule has 0 saturated heterocycles. The van der Waals surface area contributed by atoms with Crippen LogP contribution in [0.15, 0.2) is 0 Å². The second-order valence-electron chi connectivity index (χ2n) is 3.43. The topological polar surface area (TPSA) is 58.6 Å². The lowest BCUT2D eigenvalue weighted by Gasteiger charge is -2.26. The number of nitrogens with one attached hydrogen (secondary N) is 1. The molecule has 0 aliphatic carbocycles. The van der Waals surface area contributed by atoms with Gasteiger partial charge in [-0.2, -0.15) is 11.8 Å². The van der Waals surface area contributed by atoms with Crippen LogP contribution < -0.4 is 5.32 Å². The monoisotopic (exact) mass is 235 g/mol. The molecule has 0 aliphatic heterocycles. The standard InChI is InChI=1S/C10H21NO3S/c1-4-14-9(13)10(2,11-3)8-15-7-5-6-12/h11-12H,4-8H2,1-3H3. The first kappa shape index (κ1) is 14.7. The number of hydrogen-bond donors (Lipinski definition) is 2. The molecule has 15 heavy (non-hydrogen) atoms. The lowest BCUT2D eigenvalue weighted by Crippen LogP contribution is -2.51. The molecule has 0 fully saturated rings. The number of aliphatic hydroxyl groups is 1. The van der Waals surface area contributed by atoms with Gasteiger partial charge in [-0.15, -0.1) is 0 Å². The van der Waals surface area contributed by atoms with E-state index in [9.17, 15) is 4.79 Å². The minimum Gasteiger partial charge on any atom is -0.465 e. The fourth-order valence-electron chi connectivity index (χ4n) is 0.966. The van der Waals surface area contributed by atoms with Crippen molar-refractivity contribution in [3.63, 3.8) is 0 Å². The Bertz CT molecular complexity index is 190. The van der Waals surface area contributed by atoms with Gasteiger partial charge >= 0.3 is 5.97 Å². The normalized spacial score (nSPS) is 14.7. The van der Waals surface area contributed by atoms with Crippen molar-refractivity contribution in [2.45, 2.75) is 25.8 Å². The van der Waals surface area contributed by atoms with Gasteiger partial charge < -0.3 is 15.2 Å². The highest BCUT2D eigenvalue weighted by Crippen LogP contribution is 2.15. The summed E-state index contributed by atoms with van der Waals surface area (Å²) in [5.74, 6) is 1.29. The van der Waals surface area contributed by atoms with Crippen LogP contribution >= 0.6 is 11.8 Å². The van der Waals surface area contributed by atoms with E-state index < -0.39 is 5.54 Å². The van der Waals surface area contributed by atoms with Crippen LogP contribution in [-0.4, -0.2) is 48.4 Å². The van der Waals surface area contributed by atoms with E-state index in [4.69, 9.17) is 9.84 Å². The van der Waals surface area contributed by atoms with Crippen LogP contribution in [0.5, 0.6) is 0 Å². The van der Waals surface area contributed by atoms with Crippen LogP contribution in [-0.2, 0) is 9.53 Å². The Kier molecular flexibility index (Phi) is 7.82. The number of aliphatic hydroxyl groups excluding tert-OH is 1. The number of hydrogen-bond acceptors (Lipinski definition) is 5. The SMILES string of the molecule is CCOC(=O)C(C)(CSCCCO)NC. The number of carbonyl (C=O) groups is 1. The van der Waals surface area contributed by atoms with Gasteiger partial charge in [-0.1, -0.05) is 0 Å². The number of carbonyl (C=O) groups excluding carboxylic acids is 1. The first-order valence-corrected chi connectivity index (χ1v) is 6.31. The van der Waals surface area contributed by atoms with Crippen molar-refractivity contribution < 1.29 is 14.6 Å². The largest absolute Gasteiger partial charge is 0.465 e. The van der Waals surface area contributed by atoms with E-state index in [0.29, 0.717) is 12.4 Å². The average Bonchev–Trinajstić information content (AvgIpc) is 2.24. The molecule has 90 valence electrons. The third kappa shape index (κ3) is 5.39. The molecule has 0 aromatic rings. The second kappa shape index (κ2) is 7.96. The third-order valence-corrected chi connectivity index (χ3v) is 3.47. The summed E-state index contributed by atoms with van der Waals surface area (Å²) in [6.45, 7) is 4.23. The summed E-state index contributed by atoms with van der Waals surface area (Å²) in [6.07, 6.45) is 0.757. The van der Waals surface area contributed by atoms with Crippen molar-refractivity contribution in [1.82, 2.24) is 5.32 Å². The summed E-state index contributed by atoms with van der Waals surface area (Å²) in [7, 11) is 1.75. The van der Waals surface area contributed by atoms with E-state index >= 15 is 0 Å². The predicted molar refractivity (Wildman–Crippen MR) is 63.1 cm³/mol. The maximum Gasteiger partial charge on any atom is 0.326 e. The predicted octanol–water partition coefficient (Wildman–Crippen LogP) is 0.643. The van der Waals surface area contributed by atoms with E-state index in [1.54, 1.807) is 25.7 Å². The van der Waals surface area contributed by atoms with Crippen LogP contribution in [0.2, 0.25) is 0 Å². The molecule has 0 radical (unpaired) electrons. The van der Waals surface area contributed by atoms with Crippen molar-refractivity contribution in [3.05, 3.63) is 0 Å². The zero-order valence-corrected chi connectivity index (χ0v) is 10.5. The van der Waals surface area contributed by atoms with Crippen molar-refractivity contribution in [1.29, 1.82) is 0 Å². The average molecular weight is 235 g/mol. The lowest BCUT2D eigenvalue weighted by molar-refractivity contribution is -0.149. The molecule has 5 heteroatoms. The van der Waals surface area contributed by atoms with Gasteiger partial charge in [0.15, 0.2) is 0 Å². The Labute approximate surface area is 95.8 Å². The molecule has 0 rings (SSSR count). The van der Waals surface area contributed by atoms with E-state index in [2.05, 4.69) is 5.32 Å². The maximum atomic E-state index is 11.6. The molecule has 0 aromatic heterocycles. The van der Waals surface area contributed by atoms with Gasteiger partial charge in [-0.25, -0.2) is 0 Å². The molecule has 4 nitrogen and oxygen atoms in total. The van der Waals surface area contributed by atoms with Crippen molar-refractivity contribution in [2.75, 3.05) is 31.8 Å². The third-order valence-electron chi connectivity index (χ3n) is 2.12. The van der Waals surface area contributed by atoms with Crippen LogP contribution in [0.1, 0.15) is 20.3 Å². The molecule has 1 atom stereocenters. The van der Waals surface area contributed by atoms with Gasteiger partial charge in [0, 0.05) is 12.4 Å². The Morgan fingerprint density at radius 1 is 1.60 bits per heavy atom. The molecule has 0 aliphatic rings. The van der Waals surface area contributed by atoms with Crippen LogP contribution in [0.25, 0.3) is 0 Å². The molecule has 0 bridgehead atoms. The number of likely N-dealkylation sites (N-methyl/N-ethyl adjacent to an activating group) is 1. The fraction of sp³-hybridized carbons (Fsp3) is 0.900. The first-order valence-electron chi connectivity index (χ1n) is 5.15. The Morgan fingerprint density at radius 2 is 2.27 bits per heavy atom. The highest BCUT2D eigenvalue weighted by Gasteiger charge is 2.32. The van der Waals surface area contributed by atoms with E-state index in [0.717, 1.165) is 12.2 Å². The van der Waals surface area contributed by atoms with E-state index in [1.807, 2.05) is 6.92 Å². The van der Waals surface area contributed by atoms with Gasteiger partial charge in [-0.3, -0.25) is 4.79 Å². The Morgan fingerprint density at radius 3 is 2.73 bits per heavy atom. The minimum absolute atomic E-state index is 0.197. The summed E-state index contributed by atoms with van der Waals surface area (Å²) in [6, 6.07) is 0. The summed E-state index contributed by atoms with van der Waals surface area (Å²) in [5.41, 5.74) is -0.629. The number of thioether (sulfide) groups is 1. The zero-order chi connectivity index (χ0) is 11.7.